The molecule has 92 valence electrons. The Labute approximate surface area is 123 Å². The third-order valence-corrected chi connectivity index (χ3v) is 4.34. The maximum atomic E-state index is 6.42. The first-order valence-electron chi connectivity index (χ1n) is 5.93. The highest BCUT2D eigenvalue weighted by Gasteiger charge is 2.23. The van der Waals surface area contributed by atoms with E-state index in [4.69, 9.17) is 16.3 Å². The Kier molecular flexibility index (Phi) is 2.38. The fourth-order valence-electron chi connectivity index (χ4n) is 2.59. The van der Waals surface area contributed by atoms with Gasteiger partial charge in [-0.05, 0) is 39.5 Å². The van der Waals surface area contributed by atoms with Crippen LogP contribution in [0, 0.1) is 0 Å². The number of benzene rings is 3. The zero-order chi connectivity index (χ0) is 13.0. The SMILES string of the molecule is Clc1ccc2cccc3c2c1-c1cccc(Br)c1O3. The number of halogens is 2. The number of para-hydroxylation sites is 1. The first-order valence-corrected chi connectivity index (χ1v) is 7.11. The highest BCUT2D eigenvalue weighted by Crippen LogP contribution is 2.51. The van der Waals surface area contributed by atoms with E-state index in [9.17, 15) is 0 Å². The minimum absolute atomic E-state index is 0.752. The van der Waals surface area contributed by atoms with Crippen LogP contribution in [0.15, 0.2) is 53.0 Å². The second-order valence-electron chi connectivity index (χ2n) is 4.50. The summed E-state index contributed by atoms with van der Waals surface area (Å²) in [4.78, 5) is 0. The molecule has 3 heteroatoms. The summed E-state index contributed by atoms with van der Waals surface area (Å²) in [6.45, 7) is 0. The molecule has 4 rings (SSSR count). The zero-order valence-corrected chi connectivity index (χ0v) is 12.1. The fraction of sp³-hybridized carbons (Fsp3) is 0. The van der Waals surface area contributed by atoms with Gasteiger partial charge in [0.2, 0.25) is 0 Å². The topological polar surface area (TPSA) is 9.23 Å². The Morgan fingerprint density at radius 1 is 0.947 bits per heavy atom. The van der Waals surface area contributed by atoms with Crippen molar-refractivity contribution in [2.24, 2.45) is 0 Å². The lowest BCUT2D eigenvalue weighted by Gasteiger charge is -2.22. The molecule has 0 unspecified atom stereocenters. The lowest BCUT2D eigenvalue weighted by atomic mass is 9.95. The molecule has 0 N–H and O–H groups in total. The summed E-state index contributed by atoms with van der Waals surface area (Å²) < 4.78 is 6.97. The highest BCUT2D eigenvalue weighted by atomic mass is 79.9. The second kappa shape index (κ2) is 3.99. The van der Waals surface area contributed by atoms with Crippen LogP contribution in [-0.2, 0) is 0 Å². The van der Waals surface area contributed by atoms with Crippen molar-refractivity contribution < 1.29 is 4.74 Å². The van der Waals surface area contributed by atoms with E-state index in [1.165, 1.54) is 0 Å². The maximum Gasteiger partial charge on any atom is 0.149 e. The molecule has 0 spiro atoms. The lowest BCUT2D eigenvalue weighted by molar-refractivity contribution is 0.484. The molecule has 0 aliphatic carbocycles. The molecule has 19 heavy (non-hydrogen) atoms. The molecular formula is C16H8BrClO. The molecule has 3 aromatic carbocycles. The molecule has 0 amide bonds. The first-order chi connectivity index (χ1) is 9.25. The van der Waals surface area contributed by atoms with Crippen LogP contribution in [-0.4, -0.2) is 0 Å². The van der Waals surface area contributed by atoms with Crippen LogP contribution in [0.3, 0.4) is 0 Å². The van der Waals surface area contributed by atoms with Crippen LogP contribution in [0.4, 0.5) is 0 Å². The van der Waals surface area contributed by atoms with Gasteiger partial charge >= 0.3 is 0 Å². The molecule has 0 aromatic heterocycles. The summed E-state index contributed by atoms with van der Waals surface area (Å²) in [7, 11) is 0. The molecule has 0 radical (unpaired) electrons. The monoisotopic (exact) mass is 330 g/mol. The number of hydrogen-bond acceptors (Lipinski definition) is 1. The standard InChI is InChI=1S/C16H8BrClO/c17-11-5-2-4-10-15-12(18)8-7-9-3-1-6-13(14(9)15)19-16(10)11/h1-8H. The van der Waals surface area contributed by atoms with Crippen molar-refractivity contribution in [1.29, 1.82) is 0 Å². The van der Waals surface area contributed by atoms with Crippen LogP contribution in [0.25, 0.3) is 21.9 Å². The quantitative estimate of drug-likeness (QED) is 0.382. The molecule has 0 saturated carbocycles. The number of rotatable bonds is 0. The van der Waals surface area contributed by atoms with E-state index < -0.39 is 0 Å². The van der Waals surface area contributed by atoms with Crippen molar-refractivity contribution in [2.75, 3.05) is 0 Å². The predicted molar refractivity (Wildman–Crippen MR) is 82.2 cm³/mol. The van der Waals surface area contributed by atoms with E-state index in [1.54, 1.807) is 0 Å². The Hall–Kier alpha value is -1.51. The Balaban J connectivity index is 2.24. The normalized spacial score (nSPS) is 12.1. The Morgan fingerprint density at radius 2 is 1.79 bits per heavy atom. The van der Waals surface area contributed by atoms with Gasteiger partial charge in [0.25, 0.3) is 0 Å². The van der Waals surface area contributed by atoms with E-state index >= 15 is 0 Å². The molecule has 1 nitrogen and oxygen atoms in total. The van der Waals surface area contributed by atoms with Crippen molar-refractivity contribution in [3.05, 3.63) is 58.0 Å². The maximum absolute atomic E-state index is 6.42. The van der Waals surface area contributed by atoms with Gasteiger partial charge in [-0.15, -0.1) is 0 Å². The van der Waals surface area contributed by atoms with Gasteiger partial charge in [-0.1, -0.05) is 41.9 Å². The average molecular weight is 332 g/mol. The highest BCUT2D eigenvalue weighted by molar-refractivity contribution is 9.10. The van der Waals surface area contributed by atoms with Gasteiger partial charge in [0.15, 0.2) is 0 Å². The molecule has 1 aliphatic rings. The van der Waals surface area contributed by atoms with E-state index in [0.29, 0.717) is 0 Å². The minimum Gasteiger partial charge on any atom is -0.455 e. The largest absolute Gasteiger partial charge is 0.455 e. The summed E-state index contributed by atoms with van der Waals surface area (Å²) in [5.74, 6) is 1.69. The van der Waals surface area contributed by atoms with Crippen LogP contribution < -0.4 is 4.74 Å². The molecular weight excluding hydrogens is 324 g/mol. The fourth-order valence-corrected chi connectivity index (χ4v) is 3.29. The van der Waals surface area contributed by atoms with E-state index in [2.05, 4.69) is 22.0 Å². The third-order valence-electron chi connectivity index (χ3n) is 3.40. The molecule has 0 saturated heterocycles. The van der Waals surface area contributed by atoms with E-state index in [-0.39, 0.29) is 0 Å². The molecule has 1 aliphatic heterocycles. The van der Waals surface area contributed by atoms with Crippen LogP contribution in [0.5, 0.6) is 11.5 Å². The number of fused-ring (bicyclic) bond motifs is 2. The van der Waals surface area contributed by atoms with Crippen LogP contribution in [0.2, 0.25) is 5.02 Å². The van der Waals surface area contributed by atoms with Gasteiger partial charge in [-0.2, -0.15) is 0 Å². The summed E-state index contributed by atoms with van der Waals surface area (Å²) in [5, 5.41) is 2.98. The summed E-state index contributed by atoms with van der Waals surface area (Å²) in [5.41, 5.74) is 2.08. The van der Waals surface area contributed by atoms with Gasteiger partial charge in [0, 0.05) is 21.5 Å². The Bertz CT molecular complexity index is 826. The number of hydrogen-bond donors (Lipinski definition) is 0. The van der Waals surface area contributed by atoms with E-state index in [0.717, 1.165) is 42.9 Å². The average Bonchev–Trinajstić information content (AvgIpc) is 2.43. The smallest absolute Gasteiger partial charge is 0.149 e. The summed E-state index contributed by atoms with van der Waals surface area (Å²) in [6, 6.07) is 16.0. The summed E-state index contributed by atoms with van der Waals surface area (Å²) in [6.07, 6.45) is 0. The molecule has 0 atom stereocenters. The molecule has 1 heterocycles. The van der Waals surface area contributed by atoms with Crippen molar-refractivity contribution in [1.82, 2.24) is 0 Å². The van der Waals surface area contributed by atoms with Gasteiger partial charge in [0.05, 0.1) is 4.47 Å². The first kappa shape index (κ1) is 11.3. The second-order valence-corrected chi connectivity index (χ2v) is 5.76. The lowest BCUT2D eigenvalue weighted by Crippen LogP contribution is -1.98. The molecule has 3 aromatic rings. The van der Waals surface area contributed by atoms with Crippen molar-refractivity contribution in [3.8, 4) is 22.6 Å². The molecule has 0 bridgehead atoms. The van der Waals surface area contributed by atoms with E-state index in [1.807, 2.05) is 42.5 Å². The van der Waals surface area contributed by atoms with Crippen molar-refractivity contribution in [3.63, 3.8) is 0 Å². The zero-order valence-electron chi connectivity index (χ0n) is 9.78. The Morgan fingerprint density at radius 3 is 2.68 bits per heavy atom. The van der Waals surface area contributed by atoms with Crippen LogP contribution in [0.1, 0.15) is 0 Å². The third kappa shape index (κ3) is 1.54. The van der Waals surface area contributed by atoms with Gasteiger partial charge < -0.3 is 4.74 Å². The predicted octanol–water partition coefficient (Wildman–Crippen LogP) is 6.03. The molecule has 0 fully saturated rings. The minimum atomic E-state index is 0.752. The van der Waals surface area contributed by atoms with Gasteiger partial charge in [-0.3, -0.25) is 0 Å². The van der Waals surface area contributed by atoms with Crippen molar-refractivity contribution >= 4 is 38.3 Å². The van der Waals surface area contributed by atoms with Gasteiger partial charge in [0.1, 0.15) is 11.5 Å². The number of ether oxygens (including phenoxy) is 1. The van der Waals surface area contributed by atoms with Crippen LogP contribution >= 0.6 is 27.5 Å². The summed E-state index contributed by atoms with van der Waals surface area (Å²) >= 11 is 9.96. The van der Waals surface area contributed by atoms with Gasteiger partial charge in [-0.25, -0.2) is 0 Å². The van der Waals surface area contributed by atoms with Crippen molar-refractivity contribution in [2.45, 2.75) is 0 Å².